The smallest absolute Gasteiger partial charge is 0.328 e. The van der Waals surface area contributed by atoms with Crippen LogP contribution in [-0.4, -0.2) is 34.7 Å². The number of rotatable bonds is 5. The second kappa shape index (κ2) is 5.61. The number of aliphatic hydroxyl groups excluding tert-OH is 1. The summed E-state index contributed by atoms with van der Waals surface area (Å²) in [7, 11) is 0. The molecule has 0 fully saturated rings. The van der Waals surface area contributed by atoms with Crippen molar-refractivity contribution in [2.24, 2.45) is 5.73 Å². The molecule has 1 aromatic rings. The predicted octanol–water partition coefficient (Wildman–Crippen LogP) is -0.578. The number of amides is 1. The molecule has 0 aromatic heterocycles. The van der Waals surface area contributed by atoms with Gasteiger partial charge in [0.2, 0.25) is 5.91 Å². The van der Waals surface area contributed by atoms with Gasteiger partial charge in [-0.25, -0.2) is 4.79 Å². The maximum Gasteiger partial charge on any atom is 0.328 e. The maximum atomic E-state index is 11.9. The zero-order valence-electron chi connectivity index (χ0n) is 9.96. The van der Waals surface area contributed by atoms with E-state index in [2.05, 4.69) is 5.32 Å². The van der Waals surface area contributed by atoms with Crippen molar-refractivity contribution in [2.75, 3.05) is 6.61 Å². The molecule has 1 rings (SSSR count). The lowest BCUT2D eigenvalue weighted by molar-refractivity contribution is -0.143. The Bertz CT molecular complexity index is 431. The monoisotopic (exact) mass is 252 g/mol. The summed E-state index contributed by atoms with van der Waals surface area (Å²) < 4.78 is 0. The molecule has 5 N–H and O–H groups in total. The van der Waals surface area contributed by atoms with Crippen molar-refractivity contribution in [3.63, 3.8) is 0 Å². The molecule has 98 valence electrons. The standard InChI is InChI=1S/C12H16N2O4/c1-12(13,8-5-3-2-4-6-8)11(18)14-9(7-15)10(16)17/h2-6,9,15H,7,13H2,1H3,(H,14,18)(H,16,17)/t9-,12?/m0/s1. The summed E-state index contributed by atoms with van der Waals surface area (Å²) in [6.45, 7) is 0.792. The fraction of sp³-hybridized carbons (Fsp3) is 0.333. The molecule has 0 bridgehead atoms. The predicted molar refractivity (Wildman–Crippen MR) is 64.6 cm³/mol. The molecule has 6 heteroatoms. The highest BCUT2D eigenvalue weighted by Gasteiger charge is 2.33. The van der Waals surface area contributed by atoms with E-state index in [9.17, 15) is 9.59 Å². The van der Waals surface area contributed by atoms with Crippen LogP contribution in [0.3, 0.4) is 0 Å². The van der Waals surface area contributed by atoms with Crippen molar-refractivity contribution in [2.45, 2.75) is 18.5 Å². The maximum absolute atomic E-state index is 11.9. The van der Waals surface area contributed by atoms with Crippen LogP contribution in [0.4, 0.5) is 0 Å². The zero-order valence-corrected chi connectivity index (χ0v) is 9.96. The van der Waals surface area contributed by atoms with E-state index in [1.165, 1.54) is 6.92 Å². The van der Waals surface area contributed by atoms with E-state index in [1.54, 1.807) is 30.3 Å². The fourth-order valence-electron chi connectivity index (χ4n) is 1.41. The van der Waals surface area contributed by atoms with Crippen molar-refractivity contribution in [3.8, 4) is 0 Å². The molecule has 0 aliphatic rings. The number of carbonyl (C=O) groups is 2. The van der Waals surface area contributed by atoms with Crippen LogP contribution in [0.1, 0.15) is 12.5 Å². The first-order valence-electron chi connectivity index (χ1n) is 5.38. The van der Waals surface area contributed by atoms with Crippen molar-refractivity contribution in [1.82, 2.24) is 5.32 Å². The lowest BCUT2D eigenvalue weighted by atomic mass is 9.92. The van der Waals surface area contributed by atoms with E-state index in [0.29, 0.717) is 5.56 Å². The van der Waals surface area contributed by atoms with Gasteiger partial charge in [0.05, 0.1) is 6.61 Å². The Morgan fingerprint density at radius 2 is 1.94 bits per heavy atom. The topological polar surface area (TPSA) is 113 Å². The molecule has 1 amide bonds. The second-order valence-electron chi connectivity index (χ2n) is 4.12. The van der Waals surface area contributed by atoms with Gasteiger partial charge in [0.15, 0.2) is 0 Å². The average Bonchev–Trinajstić information content (AvgIpc) is 2.36. The highest BCUT2D eigenvalue weighted by Crippen LogP contribution is 2.17. The molecular weight excluding hydrogens is 236 g/mol. The Balaban J connectivity index is 2.86. The Hall–Kier alpha value is -1.92. The normalized spacial score (nSPS) is 15.5. The number of carboxylic acids is 1. The summed E-state index contributed by atoms with van der Waals surface area (Å²) in [5.74, 6) is -1.97. The number of hydrogen-bond donors (Lipinski definition) is 4. The van der Waals surface area contributed by atoms with Gasteiger partial charge in [0.25, 0.3) is 0 Å². The van der Waals surface area contributed by atoms with Crippen LogP contribution >= 0.6 is 0 Å². The first-order valence-corrected chi connectivity index (χ1v) is 5.38. The molecule has 0 saturated carbocycles. The summed E-state index contributed by atoms with van der Waals surface area (Å²) in [4.78, 5) is 22.6. The van der Waals surface area contributed by atoms with E-state index in [1.807, 2.05) is 0 Å². The summed E-state index contributed by atoms with van der Waals surface area (Å²) in [6, 6.07) is 7.24. The summed E-state index contributed by atoms with van der Waals surface area (Å²) in [6.07, 6.45) is 0. The third-order valence-corrected chi connectivity index (χ3v) is 2.63. The minimum absolute atomic E-state index is 0.560. The Morgan fingerprint density at radius 3 is 2.39 bits per heavy atom. The Labute approximate surface area is 104 Å². The number of aliphatic carboxylic acids is 1. The molecule has 6 nitrogen and oxygen atoms in total. The van der Waals surface area contributed by atoms with Gasteiger partial charge in [-0.3, -0.25) is 4.79 Å². The van der Waals surface area contributed by atoms with Crippen LogP contribution < -0.4 is 11.1 Å². The minimum atomic E-state index is -1.36. The van der Waals surface area contributed by atoms with Gasteiger partial charge in [0.1, 0.15) is 11.6 Å². The summed E-state index contributed by atoms with van der Waals surface area (Å²) >= 11 is 0. The van der Waals surface area contributed by atoms with Crippen LogP contribution in [0.25, 0.3) is 0 Å². The second-order valence-corrected chi connectivity index (χ2v) is 4.12. The first kappa shape index (κ1) is 14.1. The molecule has 0 saturated heterocycles. The van der Waals surface area contributed by atoms with Crippen molar-refractivity contribution >= 4 is 11.9 Å². The van der Waals surface area contributed by atoms with Gasteiger partial charge in [0, 0.05) is 0 Å². The number of nitrogens with two attached hydrogens (primary N) is 1. The van der Waals surface area contributed by atoms with Gasteiger partial charge in [-0.1, -0.05) is 30.3 Å². The van der Waals surface area contributed by atoms with Gasteiger partial charge < -0.3 is 21.3 Å². The Kier molecular flexibility index (Phi) is 4.41. The summed E-state index contributed by atoms with van der Waals surface area (Å²) in [5, 5.41) is 19.8. The molecular formula is C12H16N2O4. The first-order chi connectivity index (χ1) is 8.39. The van der Waals surface area contributed by atoms with E-state index in [0.717, 1.165) is 0 Å². The molecule has 1 unspecified atom stereocenters. The average molecular weight is 252 g/mol. The third kappa shape index (κ3) is 3.06. The largest absolute Gasteiger partial charge is 0.480 e. The lowest BCUT2D eigenvalue weighted by Gasteiger charge is -2.25. The number of aliphatic hydroxyl groups is 1. The van der Waals surface area contributed by atoms with Gasteiger partial charge in [-0.15, -0.1) is 0 Å². The van der Waals surface area contributed by atoms with E-state index in [-0.39, 0.29) is 0 Å². The zero-order chi connectivity index (χ0) is 13.8. The van der Waals surface area contributed by atoms with Crippen LogP contribution in [0, 0.1) is 0 Å². The van der Waals surface area contributed by atoms with Crippen molar-refractivity contribution in [1.29, 1.82) is 0 Å². The van der Waals surface area contributed by atoms with E-state index in [4.69, 9.17) is 15.9 Å². The fourth-order valence-corrected chi connectivity index (χ4v) is 1.41. The molecule has 0 radical (unpaired) electrons. The highest BCUT2D eigenvalue weighted by atomic mass is 16.4. The molecule has 0 heterocycles. The van der Waals surface area contributed by atoms with Crippen LogP contribution in [0.2, 0.25) is 0 Å². The lowest BCUT2D eigenvalue weighted by Crippen LogP contribution is -2.54. The number of benzene rings is 1. The SMILES string of the molecule is CC(N)(C(=O)N[C@@H](CO)C(=O)O)c1ccccc1. The minimum Gasteiger partial charge on any atom is -0.480 e. The molecule has 2 atom stereocenters. The van der Waals surface area contributed by atoms with E-state index < -0.39 is 30.1 Å². The van der Waals surface area contributed by atoms with Crippen LogP contribution in [0.5, 0.6) is 0 Å². The van der Waals surface area contributed by atoms with Crippen molar-refractivity contribution in [3.05, 3.63) is 35.9 Å². The third-order valence-electron chi connectivity index (χ3n) is 2.63. The highest BCUT2D eigenvalue weighted by molar-refractivity contribution is 5.90. The van der Waals surface area contributed by atoms with Crippen LogP contribution in [-0.2, 0) is 15.1 Å². The van der Waals surface area contributed by atoms with Crippen molar-refractivity contribution < 1.29 is 19.8 Å². The quantitative estimate of drug-likeness (QED) is 0.560. The van der Waals surface area contributed by atoms with Gasteiger partial charge >= 0.3 is 5.97 Å². The number of hydrogen-bond acceptors (Lipinski definition) is 4. The van der Waals surface area contributed by atoms with Gasteiger partial charge in [-0.2, -0.15) is 0 Å². The summed E-state index contributed by atoms with van der Waals surface area (Å²) in [5.41, 5.74) is 5.10. The Morgan fingerprint density at radius 1 is 1.39 bits per heavy atom. The number of carbonyl (C=O) groups excluding carboxylic acids is 1. The molecule has 18 heavy (non-hydrogen) atoms. The molecule has 0 aliphatic heterocycles. The molecule has 0 spiro atoms. The van der Waals surface area contributed by atoms with Gasteiger partial charge in [-0.05, 0) is 12.5 Å². The van der Waals surface area contributed by atoms with Crippen LogP contribution in [0.15, 0.2) is 30.3 Å². The van der Waals surface area contributed by atoms with E-state index >= 15 is 0 Å². The number of carboxylic acid groups (broad SMARTS) is 1. The number of nitrogens with one attached hydrogen (secondary N) is 1. The molecule has 0 aliphatic carbocycles. The molecule has 1 aromatic carbocycles.